The summed E-state index contributed by atoms with van der Waals surface area (Å²) in [6.07, 6.45) is 11.6. The lowest BCUT2D eigenvalue weighted by Crippen LogP contribution is -2.47. The van der Waals surface area contributed by atoms with E-state index in [0.717, 1.165) is 12.5 Å². The first-order valence-corrected chi connectivity index (χ1v) is 9.10. The van der Waals surface area contributed by atoms with Gasteiger partial charge >= 0.3 is 0 Å². The molecule has 0 aromatic carbocycles. The molecule has 0 aliphatic heterocycles. The van der Waals surface area contributed by atoms with Crippen LogP contribution >= 0.6 is 0 Å². The molecule has 118 valence electrons. The molecule has 1 N–H and O–H groups in total. The van der Waals surface area contributed by atoms with Crippen LogP contribution in [0.4, 0.5) is 0 Å². The van der Waals surface area contributed by atoms with Gasteiger partial charge in [0.05, 0.1) is 0 Å². The number of hydrogen-bond donors (Lipinski definition) is 1. The van der Waals surface area contributed by atoms with Crippen molar-refractivity contribution in [3.63, 3.8) is 0 Å². The Balaban J connectivity index is 1.98. The van der Waals surface area contributed by atoms with E-state index in [1.54, 1.807) is 0 Å². The summed E-state index contributed by atoms with van der Waals surface area (Å²) in [6, 6.07) is 0.706. The summed E-state index contributed by atoms with van der Waals surface area (Å²) >= 11 is 0. The molecule has 0 aromatic heterocycles. The van der Waals surface area contributed by atoms with Crippen LogP contribution in [0.3, 0.4) is 0 Å². The maximum Gasteiger partial charge on any atom is 0.00530 e. The van der Waals surface area contributed by atoms with E-state index in [1.807, 2.05) is 0 Å². The molecule has 0 spiro atoms. The summed E-state index contributed by atoms with van der Waals surface area (Å²) in [7, 11) is 0. The Morgan fingerprint density at radius 2 is 1.75 bits per heavy atom. The monoisotopic (exact) mass is 280 g/mol. The van der Waals surface area contributed by atoms with Crippen molar-refractivity contribution in [1.82, 2.24) is 10.2 Å². The largest absolute Gasteiger partial charge is 0.316 e. The van der Waals surface area contributed by atoms with E-state index in [2.05, 4.69) is 31.0 Å². The smallest absolute Gasteiger partial charge is 0.00530 e. The van der Waals surface area contributed by atoms with Gasteiger partial charge in [0.2, 0.25) is 0 Å². The highest BCUT2D eigenvalue weighted by molar-refractivity contribution is 4.89. The molecule has 2 saturated carbocycles. The second-order valence-corrected chi connectivity index (χ2v) is 7.66. The molecule has 0 atom stereocenters. The summed E-state index contributed by atoms with van der Waals surface area (Å²) in [6.45, 7) is 12.1. The molecule has 2 heteroatoms. The molecular formula is C18H36N2. The third-order valence-electron chi connectivity index (χ3n) is 5.37. The number of rotatable bonds is 8. The second kappa shape index (κ2) is 7.79. The van der Waals surface area contributed by atoms with E-state index in [0.29, 0.717) is 11.5 Å². The van der Waals surface area contributed by atoms with E-state index < -0.39 is 0 Å². The summed E-state index contributed by atoms with van der Waals surface area (Å²) in [5.74, 6) is 1.01. The number of hydrogen-bond acceptors (Lipinski definition) is 2. The van der Waals surface area contributed by atoms with Gasteiger partial charge in [-0.15, -0.1) is 0 Å². The number of nitrogens with one attached hydrogen (secondary N) is 1. The van der Waals surface area contributed by atoms with Crippen LogP contribution in [0.1, 0.15) is 72.1 Å². The topological polar surface area (TPSA) is 15.3 Å². The standard InChI is InChI=1S/C18H36N2/c1-4-19-14-18(11-7-5-6-8-12-18)15-20(16(2)3)13-17-9-10-17/h16-17,19H,4-15H2,1-3H3. The van der Waals surface area contributed by atoms with E-state index >= 15 is 0 Å². The molecule has 0 bridgehead atoms. The van der Waals surface area contributed by atoms with Crippen LogP contribution < -0.4 is 5.32 Å². The lowest BCUT2D eigenvalue weighted by Gasteiger charge is -2.40. The normalized spacial score (nSPS) is 23.2. The van der Waals surface area contributed by atoms with E-state index in [-0.39, 0.29) is 0 Å². The summed E-state index contributed by atoms with van der Waals surface area (Å²) < 4.78 is 0. The molecule has 0 unspecified atom stereocenters. The SMILES string of the molecule is CCNCC1(CN(CC2CC2)C(C)C)CCCCCC1. The van der Waals surface area contributed by atoms with Crippen LogP contribution in [-0.2, 0) is 0 Å². The van der Waals surface area contributed by atoms with Crippen molar-refractivity contribution in [3.05, 3.63) is 0 Å². The molecule has 0 heterocycles. The van der Waals surface area contributed by atoms with Gasteiger partial charge in [-0.3, -0.25) is 0 Å². The van der Waals surface area contributed by atoms with Gasteiger partial charge in [0, 0.05) is 25.7 Å². The Morgan fingerprint density at radius 1 is 1.10 bits per heavy atom. The van der Waals surface area contributed by atoms with Crippen molar-refractivity contribution < 1.29 is 0 Å². The first kappa shape index (κ1) is 16.3. The molecule has 2 fully saturated rings. The van der Waals surface area contributed by atoms with Gasteiger partial charge in [-0.1, -0.05) is 32.6 Å². The zero-order valence-electron chi connectivity index (χ0n) is 14.1. The molecule has 2 rings (SSSR count). The molecule has 0 saturated heterocycles. The van der Waals surface area contributed by atoms with Crippen molar-refractivity contribution in [3.8, 4) is 0 Å². The molecule has 0 aromatic rings. The average Bonchev–Trinajstić information content (AvgIpc) is 3.24. The minimum absolute atomic E-state index is 0.547. The van der Waals surface area contributed by atoms with E-state index in [1.165, 1.54) is 71.0 Å². The van der Waals surface area contributed by atoms with Gasteiger partial charge in [-0.05, 0) is 57.4 Å². The maximum atomic E-state index is 3.67. The van der Waals surface area contributed by atoms with Crippen molar-refractivity contribution in [2.45, 2.75) is 78.2 Å². The summed E-state index contributed by atoms with van der Waals surface area (Å²) in [5.41, 5.74) is 0.547. The predicted octanol–water partition coefficient (Wildman–Crippen LogP) is 4.06. The highest BCUT2D eigenvalue weighted by atomic mass is 15.2. The van der Waals surface area contributed by atoms with E-state index in [4.69, 9.17) is 0 Å². The van der Waals surface area contributed by atoms with Gasteiger partial charge in [0.25, 0.3) is 0 Å². The van der Waals surface area contributed by atoms with Gasteiger partial charge in [0.15, 0.2) is 0 Å². The minimum atomic E-state index is 0.547. The van der Waals surface area contributed by atoms with Crippen LogP contribution in [0.15, 0.2) is 0 Å². The number of nitrogens with zero attached hydrogens (tertiary/aromatic N) is 1. The summed E-state index contributed by atoms with van der Waals surface area (Å²) in [5, 5.41) is 3.67. The van der Waals surface area contributed by atoms with Crippen molar-refractivity contribution in [2.75, 3.05) is 26.2 Å². The zero-order chi connectivity index (χ0) is 14.4. The first-order chi connectivity index (χ1) is 9.65. The van der Waals surface area contributed by atoms with Gasteiger partial charge in [-0.2, -0.15) is 0 Å². The minimum Gasteiger partial charge on any atom is -0.316 e. The Labute approximate surface area is 126 Å². The third kappa shape index (κ3) is 5.04. The molecule has 0 amide bonds. The lowest BCUT2D eigenvalue weighted by atomic mass is 9.79. The highest BCUT2D eigenvalue weighted by Gasteiger charge is 2.35. The van der Waals surface area contributed by atoms with E-state index in [9.17, 15) is 0 Å². The lowest BCUT2D eigenvalue weighted by molar-refractivity contribution is 0.0996. The Bertz CT molecular complexity index is 263. The van der Waals surface area contributed by atoms with Gasteiger partial charge in [0.1, 0.15) is 0 Å². The molecule has 20 heavy (non-hydrogen) atoms. The average molecular weight is 280 g/mol. The van der Waals surface area contributed by atoms with Crippen molar-refractivity contribution in [1.29, 1.82) is 0 Å². The van der Waals surface area contributed by atoms with Gasteiger partial charge in [-0.25, -0.2) is 0 Å². The van der Waals surface area contributed by atoms with Crippen LogP contribution in [-0.4, -0.2) is 37.1 Å². The predicted molar refractivity (Wildman–Crippen MR) is 88.1 cm³/mol. The zero-order valence-corrected chi connectivity index (χ0v) is 14.1. The first-order valence-electron chi connectivity index (χ1n) is 9.10. The summed E-state index contributed by atoms with van der Waals surface area (Å²) in [4.78, 5) is 2.79. The Kier molecular flexibility index (Phi) is 6.35. The van der Waals surface area contributed by atoms with Crippen LogP contribution in [0.2, 0.25) is 0 Å². The Hall–Kier alpha value is -0.0800. The second-order valence-electron chi connectivity index (χ2n) is 7.66. The third-order valence-corrected chi connectivity index (χ3v) is 5.37. The van der Waals surface area contributed by atoms with Crippen LogP contribution in [0.25, 0.3) is 0 Å². The van der Waals surface area contributed by atoms with Crippen LogP contribution in [0, 0.1) is 11.3 Å². The quantitative estimate of drug-likeness (QED) is 0.675. The van der Waals surface area contributed by atoms with Crippen LogP contribution in [0.5, 0.6) is 0 Å². The van der Waals surface area contributed by atoms with Gasteiger partial charge < -0.3 is 10.2 Å². The molecule has 2 aliphatic rings. The molecule has 2 aliphatic carbocycles. The fraction of sp³-hybridized carbons (Fsp3) is 1.00. The fourth-order valence-corrected chi connectivity index (χ4v) is 3.78. The van der Waals surface area contributed by atoms with Crippen molar-refractivity contribution in [2.24, 2.45) is 11.3 Å². The Morgan fingerprint density at radius 3 is 2.25 bits per heavy atom. The van der Waals surface area contributed by atoms with Crippen molar-refractivity contribution >= 4 is 0 Å². The fourth-order valence-electron chi connectivity index (χ4n) is 3.78. The maximum absolute atomic E-state index is 3.67. The highest BCUT2D eigenvalue weighted by Crippen LogP contribution is 2.37. The molecular weight excluding hydrogens is 244 g/mol. The molecule has 0 radical (unpaired) electrons. The molecule has 2 nitrogen and oxygen atoms in total.